The summed E-state index contributed by atoms with van der Waals surface area (Å²) in [6.07, 6.45) is 4.60. The lowest BCUT2D eigenvalue weighted by Gasteiger charge is -2.36. The average molecular weight is 369 g/mol. The fraction of sp³-hybridized carbons (Fsp3) is 0.688. The van der Waals surface area contributed by atoms with E-state index in [-0.39, 0.29) is 27.4 Å². The number of amides is 1. The Labute approximate surface area is 150 Å². The summed E-state index contributed by atoms with van der Waals surface area (Å²) in [7, 11) is 0. The number of rotatable bonds is 5. The Morgan fingerprint density at radius 1 is 1.36 bits per heavy atom. The van der Waals surface area contributed by atoms with Gasteiger partial charge in [0.05, 0.1) is 10.8 Å². The van der Waals surface area contributed by atoms with Gasteiger partial charge in [0.25, 0.3) is 5.91 Å². The summed E-state index contributed by atoms with van der Waals surface area (Å²) in [4.78, 5) is 37.6. The number of thiazole rings is 1. The summed E-state index contributed by atoms with van der Waals surface area (Å²) in [6, 6.07) is 0. The summed E-state index contributed by atoms with van der Waals surface area (Å²) >= 11 is 0.751. The van der Waals surface area contributed by atoms with E-state index in [1.165, 1.54) is 0 Å². The van der Waals surface area contributed by atoms with E-state index in [0.29, 0.717) is 5.92 Å². The second-order valence-electron chi connectivity index (χ2n) is 7.33. The Balaban J connectivity index is 1.74. The van der Waals surface area contributed by atoms with E-state index >= 15 is 0 Å². The van der Waals surface area contributed by atoms with Crippen molar-refractivity contribution in [1.82, 2.24) is 4.98 Å². The van der Waals surface area contributed by atoms with Gasteiger partial charge in [0, 0.05) is 0 Å². The number of hydrogen-bond donors (Lipinski definition) is 1. The number of nitrogens with zero attached hydrogens (tertiary/aromatic N) is 2. The SMILES string of the molecule is CC(C)(C)C1CCC(C(=O)OCC(=O)Nc2ncc([N+](=O)[O-])s2)CC1. The molecule has 1 N–H and O–H groups in total. The number of nitro groups is 1. The zero-order chi connectivity index (χ0) is 18.6. The maximum absolute atomic E-state index is 12.1. The molecule has 1 amide bonds. The first kappa shape index (κ1) is 19.3. The quantitative estimate of drug-likeness (QED) is 0.484. The topological polar surface area (TPSA) is 111 Å². The van der Waals surface area contributed by atoms with Gasteiger partial charge in [-0.3, -0.25) is 25.0 Å². The molecule has 8 nitrogen and oxygen atoms in total. The molecular formula is C16H23N3O5S. The summed E-state index contributed by atoms with van der Waals surface area (Å²) in [6.45, 7) is 6.22. The van der Waals surface area contributed by atoms with E-state index in [1.54, 1.807) is 0 Å². The second-order valence-corrected chi connectivity index (χ2v) is 8.34. The normalized spacial score (nSPS) is 20.8. The third-order valence-corrected chi connectivity index (χ3v) is 5.42. The van der Waals surface area contributed by atoms with E-state index < -0.39 is 17.4 Å². The van der Waals surface area contributed by atoms with Gasteiger partial charge >= 0.3 is 11.0 Å². The van der Waals surface area contributed by atoms with Crippen LogP contribution in [0.2, 0.25) is 0 Å². The minimum absolute atomic E-state index is 0.110. The van der Waals surface area contributed by atoms with Crippen LogP contribution in [0.25, 0.3) is 0 Å². The lowest BCUT2D eigenvalue weighted by atomic mass is 9.70. The number of hydrogen-bond acceptors (Lipinski definition) is 7. The third kappa shape index (κ3) is 5.48. The smallest absolute Gasteiger partial charge is 0.345 e. The van der Waals surface area contributed by atoms with Crippen LogP contribution in [0.1, 0.15) is 46.5 Å². The lowest BCUT2D eigenvalue weighted by Crippen LogP contribution is -2.31. The van der Waals surface area contributed by atoms with Crippen molar-refractivity contribution in [2.75, 3.05) is 11.9 Å². The number of nitrogens with one attached hydrogen (secondary N) is 1. The average Bonchev–Trinajstić information content (AvgIpc) is 3.00. The monoisotopic (exact) mass is 369 g/mol. The highest BCUT2D eigenvalue weighted by atomic mass is 32.1. The zero-order valence-electron chi connectivity index (χ0n) is 14.6. The van der Waals surface area contributed by atoms with E-state index in [0.717, 1.165) is 43.2 Å². The highest BCUT2D eigenvalue weighted by molar-refractivity contribution is 7.18. The Morgan fingerprint density at radius 2 is 2.00 bits per heavy atom. The Hall–Kier alpha value is -2.03. The maximum Gasteiger partial charge on any atom is 0.345 e. The Morgan fingerprint density at radius 3 is 2.52 bits per heavy atom. The first-order valence-corrected chi connectivity index (χ1v) is 9.05. The van der Waals surface area contributed by atoms with Crippen molar-refractivity contribution in [1.29, 1.82) is 0 Å². The second kappa shape index (κ2) is 7.90. The van der Waals surface area contributed by atoms with Gasteiger partial charge in [-0.25, -0.2) is 4.98 Å². The first-order valence-electron chi connectivity index (χ1n) is 8.23. The molecule has 1 aromatic rings. The van der Waals surface area contributed by atoms with E-state index in [1.807, 2.05) is 0 Å². The molecule has 1 fully saturated rings. The van der Waals surface area contributed by atoms with Crippen molar-refractivity contribution < 1.29 is 19.2 Å². The van der Waals surface area contributed by atoms with Crippen LogP contribution >= 0.6 is 11.3 Å². The van der Waals surface area contributed by atoms with Gasteiger partial charge in [-0.05, 0) is 48.4 Å². The van der Waals surface area contributed by atoms with Crippen molar-refractivity contribution in [2.24, 2.45) is 17.3 Å². The molecule has 0 atom stereocenters. The summed E-state index contributed by atoms with van der Waals surface area (Å²) in [5.41, 5.74) is 0.241. The molecular weight excluding hydrogens is 346 g/mol. The van der Waals surface area contributed by atoms with Crippen LogP contribution < -0.4 is 5.32 Å². The van der Waals surface area contributed by atoms with Gasteiger partial charge in [-0.1, -0.05) is 20.8 Å². The van der Waals surface area contributed by atoms with Crippen LogP contribution in [0.3, 0.4) is 0 Å². The van der Waals surface area contributed by atoms with Gasteiger partial charge < -0.3 is 4.74 Å². The number of ether oxygens (including phenoxy) is 1. The Kier molecular flexibility index (Phi) is 6.10. The first-order chi connectivity index (χ1) is 11.7. The molecule has 1 aliphatic rings. The third-order valence-electron chi connectivity index (χ3n) is 4.55. The molecule has 0 spiro atoms. The van der Waals surface area contributed by atoms with E-state index in [9.17, 15) is 19.7 Å². The minimum Gasteiger partial charge on any atom is -0.455 e. The molecule has 0 saturated heterocycles. The van der Waals surface area contributed by atoms with Crippen LogP contribution in [-0.2, 0) is 14.3 Å². The molecule has 1 heterocycles. The summed E-state index contributed by atoms with van der Waals surface area (Å²) in [5.74, 6) is -0.471. The standard InChI is InChI=1S/C16H23N3O5S/c1-16(2,3)11-6-4-10(5-7-11)14(21)24-9-12(20)18-15-17-8-13(25-15)19(22)23/h8,10-11H,4-7,9H2,1-3H3,(H,17,18,20). The maximum atomic E-state index is 12.1. The fourth-order valence-corrected chi connectivity index (χ4v) is 3.66. The predicted molar refractivity (Wildman–Crippen MR) is 93.3 cm³/mol. The number of carbonyl (C=O) groups excluding carboxylic acids is 2. The molecule has 0 unspecified atom stereocenters. The van der Waals surface area contributed by atoms with Gasteiger partial charge in [0.1, 0.15) is 6.20 Å². The molecule has 25 heavy (non-hydrogen) atoms. The largest absolute Gasteiger partial charge is 0.455 e. The molecule has 9 heteroatoms. The van der Waals surface area contributed by atoms with Crippen LogP contribution in [0.4, 0.5) is 10.1 Å². The molecule has 0 aliphatic heterocycles. The summed E-state index contributed by atoms with van der Waals surface area (Å²) < 4.78 is 5.08. The van der Waals surface area contributed by atoms with Gasteiger partial charge in [0.15, 0.2) is 11.7 Å². The fourth-order valence-electron chi connectivity index (χ4n) is 3.01. The van der Waals surface area contributed by atoms with Crippen LogP contribution in [0.15, 0.2) is 6.20 Å². The zero-order valence-corrected chi connectivity index (χ0v) is 15.4. The van der Waals surface area contributed by atoms with Crippen LogP contribution in [-0.4, -0.2) is 28.4 Å². The van der Waals surface area contributed by atoms with E-state index in [2.05, 4.69) is 31.1 Å². The minimum atomic E-state index is -0.582. The lowest BCUT2D eigenvalue weighted by molar-refractivity contribution is -0.380. The van der Waals surface area contributed by atoms with Crippen LogP contribution in [0, 0.1) is 27.4 Å². The molecule has 0 aromatic carbocycles. The van der Waals surface area contributed by atoms with Crippen molar-refractivity contribution in [3.63, 3.8) is 0 Å². The highest BCUT2D eigenvalue weighted by Crippen LogP contribution is 2.40. The molecule has 1 aromatic heterocycles. The molecule has 0 bridgehead atoms. The van der Waals surface area contributed by atoms with Crippen LogP contribution in [0.5, 0.6) is 0 Å². The van der Waals surface area contributed by atoms with Crippen molar-refractivity contribution >= 4 is 33.3 Å². The Bertz CT molecular complexity index is 644. The number of aromatic nitrogens is 1. The molecule has 1 saturated carbocycles. The highest BCUT2D eigenvalue weighted by Gasteiger charge is 2.33. The van der Waals surface area contributed by atoms with E-state index in [4.69, 9.17) is 4.74 Å². The van der Waals surface area contributed by atoms with Crippen molar-refractivity contribution in [2.45, 2.75) is 46.5 Å². The molecule has 0 radical (unpaired) electrons. The number of esters is 1. The van der Waals surface area contributed by atoms with Crippen molar-refractivity contribution in [3.05, 3.63) is 16.3 Å². The summed E-state index contributed by atoms with van der Waals surface area (Å²) in [5, 5.41) is 12.9. The molecule has 1 aliphatic carbocycles. The molecule has 2 rings (SSSR count). The van der Waals surface area contributed by atoms with Gasteiger partial charge in [0.2, 0.25) is 0 Å². The number of anilines is 1. The van der Waals surface area contributed by atoms with Gasteiger partial charge in [-0.2, -0.15) is 0 Å². The molecule has 138 valence electrons. The predicted octanol–water partition coefficient (Wildman–Crippen LogP) is 3.39. The number of carbonyl (C=O) groups is 2. The van der Waals surface area contributed by atoms with Crippen molar-refractivity contribution in [3.8, 4) is 0 Å². The van der Waals surface area contributed by atoms with Gasteiger partial charge in [-0.15, -0.1) is 0 Å².